The third-order valence-corrected chi connectivity index (χ3v) is 3.89. The van der Waals surface area contributed by atoms with Gasteiger partial charge in [-0.1, -0.05) is 12.1 Å². The maximum Gasteiger partial charge on any atom is 0.306 e. The second-order valence-corrected chi connectivity index (χ2v) is 5.28. The standard InChI is InChI=1S/C16H23NO3/c1-2-20-15-5-3-13(4-6-15)7-10-17-11-8-14(9-12-17)16(18)19/h3-6,14H,2,7-12H2,1H3,(H,18,19). The van der Waals surface area contributed by atoms with Crippen molar-refractivity contribution in [2.45, 2.75) is 26.2 Å². The molecule has 0 saturated carbocycles. The zero-order chi connectivity index (χ0) is 14.4. The highest BCUT2D eigenvalue weighted by atomic mass is 16.5. The number of aliphatic carboxylic acids is 1. The molecule has 1 aliphatic rings. The molecule has 20 heavy (non-hydrogen) atoms. The summed E-state index contributed by atoms with van der Waals surface area (Å²) in [6, 6.07) is 8.23. The van der Waals surface area contributed by atoms with Gasteiger partial charge in [-0.15, -0.1) is 0 Å². The van der Waals surface area contributed by atoms with E-state index in [4.69, 9.17) is 9.84 Å². The Morgan fingerprint density at radius 3 is 2.50 bits per heavy atom. The van der Waals surface area contributed by atoms with Gasteiger partial charge in [-0.05, 0) is 57.0 Å². The van der Waals surface area contributed by atoms with Gasteiger partial charge >= 0.3 is 5.97 Å². The Bertz CT molecular complexity index is 422. The van der Waals surface area contributed by atoms with Crippen LogP contribution in [0.5, 0.6) is 5.75 Å². The average Bonchev–Trinajstić information content (AvgIpc) is 2.47. The molecule has 0 radical (unpaired) electrons. The molecule has 0 bridgehead atoms. The molecule has 0 spiro atoms. The van der Waals surface area contributed by atoms with Gasteiger partial charge in [0.15, 0.2) is 0 Å². The Balaban J connectivity index is 1.74. The quantitative estimate of drug-likeness (QED) is 0.867. The minimum atomic E-state index is -0.642. The largest absolute Gasteiger partial charge is 0.494 e. The Kier molecular flexibility index (Phi) is 5.41. The van der Waals surface area contributed by atoms with Gasteiger partial charge in [0.25, 0.3) is 0 Å². The van der Waals surface area contributed by atoms with Gasteiger partial charge in [-0.2, -0.15) is 0 Å². The van der Waals surface area contributed by atoms with Crippen LogP contribution in [0.1, 0.15) is 25.3 Å². The minimum absolute atomic E-state index is 0.142. The number of hydrogen-bond acceptors (Lipinski definition) is 3. The van der Waals surface area contributed by atoms with E-state index in [9.17, 15) is 4.79 Å². The number of nitrogens with zero attached hydrogens (tertiary/aromatic N) is 1. The van der Waals surface area contributed by atoms with E-state index in [1.54, 1.807) is 0 Å². The third-order valence-electron chi connectivity index (χ3n) is 3.89. The lowest BCUT2D eigenvalue weighted by atomic mass is 9.97. The summed E-state index contributed by atoms with van der Waals surface area (Å²) >= 11 is 0. The second-order valence-electron chi connectivity index (χ2n) is 5.28. The van der Waals surface area contributed by atoms with Crippen molar-refractivity contribution in [2.24, 2.45) is 5.92 Å². The van der Waals surface area contributed by atoms with Gasteiger partial charge in [0.2, 0.25) is 0 Å². The van der Waals surface area contributed by atoms with Crippen LogP contribution in [-0.4, -0.2) is 42.2 Å². The van der Waals surface area contributed by atoms with E-state index in [-0.39, 0.29) is 5.92 Å². The van der Waals surface area contributed by atoms with Crippen LogP contribution < -0.4 is 4.74 Å². The lowest BCUT2D eigenvalue weighted by molar-refractivity contribution is -0.143. The van der Waals surface area contributed by atoms with E-state index in [1.165, 1.54) is 5.56 Å². The lowest BCUT2D eigenvalue weighted by Gasteiger charge is -2.29. The molecule has 1 aromatic rings. The molecule has 0 atom stereocenters. The number of carbonyl (C=O) groups is 1. The highest BCUT2D eigenvalue weighted by molar-refractivity contribution is 5.70. The van der Waals surface area contributed by atoms with Crippen LogP contribution in [-0.2, 0) is 11.2 Å². The van der Waals surface area contributed by atoms with E-state index in [2.05, 4.69) is 17.0 Å². The Labute approximate surface area is 120 Å². The van der Waals surface area contributed by atoms with Crippen molar-refractivity contribution < 1.29 is 14.6 Å². The van der Waals surface area contributed by atoms with Crippen LogP contribution in [0.2, 0.25) is 0 Å². The highest BCUT2D eigenvalue weighted by Crippen LogP contribution is 2.18. The van der Waals surface area contributed by atoms with Crippen molar-refractivity contribution in [3.8, 4) is 5.75 Å². The van der Waals surface area contributed by atoms with E-state index in [0.29, 0.717) is 6.61 Å². The fourth-order valence-corrected chi connectivity index (χ4v) is 2.61. The Morgan fingerprint density at radius 1 is 1.30 bits per heavy atom. The fourth-order valence-electron chi connectivity index (χ4n) is 2.61. The maximum atomic E-state index is 10.9. The minimum Gasteiger partial charge on any atom is -0.494 e. The molecule has 1 aliphatic heterocycles. The smallest absolute Gasteiger partial charge is 0.306 e. The number of carboxylic acids is 1. The summed E-state index contributed by atoms with van der Waals surface area (Å²) < 4.78 is 5.42. The molecule has 0 unspecified atom stereocenters. The molecule has 1 aromatic carbocycles. The summed E-state index contributed by atoms with van der Waals surface area (Å²) in [5.41, 5.74) is 1.30. The van der Waals surface area contributed by atoms with Crippen molar-refractivity contribution in [3.63, 3.8) is 0 Å². The molecule has 110 valence electrons. The second kappa shape index (κ2) is 7.29. The molecule has 1 heterocycles. The van der Waals surface area contributed by atoms with Gasteiger partial charge in [0, 0.05) is 6.54 Å². The van der Waals surface area contributed by atoms with Crippen LogP contribution in [0.4, 0.5) is 0 Å². The summed E-state index contributed by atoms with van der Waals surface area (Å²) in [5, 5.41) is 8.97. The lowest BCUT2D eigenvalue weighted by Crippen LogP contribution is -2.37. The number of rotatable bonds is 6. The average molecular weight is 277 g/mol. The Morgan fingerprint density at radius 2 is 1.95 bits per heavy atom. The molecular weight excluding hydrogens is 254 g/mol. The normalized spacial score (nSPS) is 17.1. The molecule has 1 saturated heterocycles. The molecular formula is C16H23NO3. The summed E-state index contributed by atoms with van der Waals surface area (Å²) in [4.78, 5) is 13.3. The molecule has 1 N–H and O–H groups in total. The zero-order valence-electron chi connectivity index (χ0n) is 12.0. The number of hydrogen-bond donors (Lipinski definition) is 1. The van der Waals surface area contributed by atoms with Crippen LogP contribution in [0.3, 0.4) is 0 Å². The molecule has 1 fully saturated rings. The van der Waals surface area contributed by atoms with E-state index in [1.807, 2.05) is 19.1 Å². The van der Waals surface area contributed by atoms with Gasteiger partial charge in [0.1, 0.15) is 5.75 Å². The van der Waals surface area contributed by atoms with Crippen LogP contribution in [0.15, 0.2) is 24.3 Å². The van der Waals surface area contributed by atoms with Crippen LogP contribution >= 0.6 is 0 Å². The number of likely N-dealkylation sites (tertiary alicyclic amines) is 1. The molecule has 0 amide bonds. The topological polar surface area (TPSA) is 49.8 Å². The first kappa shape index (κ1) is 14.9. The highest BCUT2D eigenvalue weighted by Gasteiger charge is 2.23. The summed E-state index contributed by atoms with van der Waals surface area (Å²) in [6.45, 7) is 5.47. The third kappa shape index (κ3) is 4.23. The van der Waals surface area contributed by atoms with Crippen molar-refractivity contribution in [1.29, 1.82) is 0 Å². The van der Waals surface area contributed by atoms with Gasteiger partial charge in [-0.3, -0.25) is 4.79 Å². The van der Waals surface area contributed by atoms with E-state index in [0.717, 1.165) is 44.6 Å². The van der Waals surface area contributed by atoms with Crippen molar-refractivity contribution in [2.75, 3.05) is 26.2 Å². The molecule has 0 aromatic heterocycles. The molecule has 4 heteroatoms. The number of piperidine rings is 1. The number of benzene rings is 1. The zero-order valence-corrected chi connectivity index (χ0v) is 12.0. The van der Waals surface area contributed by atoms with Crippen molar-refractivity contribution >= 4 is 5.97 Å². The van der Waals surface area contributed by atoms with E-state index >= 15 is 0 Å². The van der Waals surface area contributed by atoms with Crippen LogP contribution in [0.25, 0.3) is 0 Å². The first-order chi connectivity index (χ1) is 9.69. The monoisotopic (exact) mass is 277 g/mol. The van der Waals surface area contributed by atoms with Crippen molar-refractivity contribution in [1.82, 2.24) is 4.90 Å². The predicted molar refractivity (Wildman–Crippen MR) is 78.1 cm³/mol. The first-order valence-corrected chi connectivity index (χ1v) is 7.36. The summed E-state index contributed by atoms with van der Waals surface area (Å²) in [6.07, 6.45) is 2.56. The number of ether oxygens (including phenoxy) is 1. The molecule has 0 aliphatic carbocycles. The first-order valence-electron chi connectivity index (χ1n) is 7.36. The summed E-state index contributed by atoms with van der Waals surface area (Å²) in [7, 11) is 0. The maximum absolute atomic E-state index is 10.9. The van der Waals surface area contributed by atoms with Gasteiger partial charge in [-0.25, -0.2) is 0 Å². The van der Waals surface area contributed by atoms with Crippen LogP contribution in [0, 0.1) is 5.92 Å². The van der Waals surface area contributed by atoms with Gasteiger partial charge < -0.3 is 14.7 Å². The van der Waals surface area contributed by atoms with Crippen molar-refractivity contribution in [3.05, 3.63) is 29.8 Å². The molecule has 2 rings (SSSR count). The van der Waals surface area contributed by atoms with E-state index < -0.39 is 5.97 Å². The predicted octanol–water partition coefficient (Wildman–Crippen LogP) is 2.42. The van der Waals surface area contributed by atoms with Gasteiger partial charge in [0.05, 0.1) is 12.5 Å². The SMILES string of the molecule is CCOc1ccc(CCN2CCC(C(=O)O)CC2)cc1. The fraction of sp³-hybridized carbons (Fsp3) is 0.562. The summed E-state index contributed by atoms with van der Waals surface area (Å²) in [5.74, 6) is 0.131. The number of carboxylic acid groups (broad SMARTS) is 1. The Hall–Kier alpha value is -1.55. The molecule has 4 nitrogen and oxygen atoms in total.